The van der Waals surface area contributed by atoms with Crippen molar-refractivity contribution < 1.29 is 9.53 Å². The lowest BCUT2D eigenvalue weighted by atomic mass is 10.3. The van der Waals surface area contributed by atoms with Gasteiger partial charge in [0, 0.05) is 15.5 Å². The Morgan fingerprint density at radius 3 is 2.29 bits per heavy atom. The second kappa shape index (κ2) is 8.22. The number of methoxy groups -OCH3 is 1. The first kappa shape index (κ1) is 16.9. The molecule has 2 aromatic rings. The zero-order valence-corrected chi connectivity index (χ0v) is 14.6. The number of nitrogens with one attached hydrogen (secondary N) is 2. The summed E-state index contributed by atoms with van der Waals surface area (Å²) in [7, 11) is 1.66. The van der Waals surface area contributed by atoms with E-state index in [9.17, 15) is 4.79 Å². The molecule has 1 amide bonds. The highest BCUT2D eigenvalue weighted by Crippen LogP contribution is 2.30. The molecule has 0 radical (unpaired) electrons. The van der Waals surface area contributed by atoms with Gasteiger partial charge in [-0.05, 0) is 73.8 Å². The molecule has 4 nitrogen and oxygen atoms in total. The number of hydrogen-bond acceptors (Lipinski definition) is 4. The molecule has 0 saturated heterocycles. The maximum Gasteiger partial charge on any atom is 0.238 e. The van der Waals surface area contributed by atoms with E-state index in [1.165, 1.54) is 12.8 Å². The van der Waals surface area contributed by atoms with Crippen LogP contribution in [0.1, 0.15) is 12.8 Å². The molecule has 1 aliphatic carbocycles. The standard InChI is InChI=1S/C19H22N2O2S/c1-23-16-6-10-18(11-7-16)24-17-8-4-15(5-9-17)21-19(22)13-20-12-14-2-3-14/h4-11,14,20H,2-3,12-13H2,1H3,(H,21,22). The fourth-order valence-corrected chi connectivity index (χ4v) is 3.12. The highest BCUT2D eigenvalue weighted by atomic mass is 32.2. The molecule has 1 aliphatic rings. The van der Waals surface area contributed by atoms with Crippen molar-refractivity contribution in [3.8, 4) is 5.75 Å². The number of carbonyl (C=O) groups excluding carboxylic acids is 1. The zero-order valence-electron chi connectivity index (χ0n) is 13.7. The fraction of sp³-hybridized carbons (Fsp3) is 0.316. The molecule has 2 N–H and O–H groups in total. The van der Waals surface area contributed by atoms with Crippen LogP contribution in [0, 0.1) is 5.92 Å². The van der Waals surface area contributed by atoms with Crippen LogP contribution in [0.2, 0.25) is 0 Å². The van der Waals surface area contributed by atoms with Crippen LogP contribution in [0.15, 0.2) is 58.3 Å². The van der Waals surface area contributed by atoms with E-state index in [-0.39, 0.29) is 5.91 Å². The molecule has 0 spiro atoms. The summed E-state index contributed by atoms with van der Waals surface area (Å²) in [5, 5.41) is 6.11. The predicted octanol–water partition coefficient (Wildman–Crippen LogP) is 3.78. The van der Waals surface area contributed by atoms with Crippen molar-refractivity contribution in [1.82, 2.24) is 5.32 Å². The van der Waals surface area contributed by atoms with Gasteiger partial charge in [0.2, 0.25) is 5.91 Å². The number of anilines is 1. The Hall–Kier alpha value is -1.98. The van der Waals surface area contributed by atoms with Crippen LogP contribution in [0.5, 0.6) is 5.75 Å². The molecule has 3 rings (SSSR count). The van der Waals surface area contributed by atoms with E-state index in [4.69, 9.17) is 4.74 Å². The highest BCUT2D eigenvalue weighted by Gasteiger charge is 2.20. The molecule has 24 heavy (non-hydrogen) atoms. The largest absolute Gasteiger partial charge is 0.497 e. The van der Waals surface area contributed by atoms with Gasteiger partial charge in [0.1, 0.15) is 5.75 Å². The first-order chi connectivity index (χ1) is 11.7. The average molecular weight is 342 g/mol. The number of ether oxygens (including phenoxy) is 1. The van der Waals surface area contributed by atoms with E-state index in [2.05, 4.69) is 10.6 Å². The Morgan fingerprint density at radius 2 is 1.71 bits per heavy atom. The van der Waals surface area contributed by atoms with Crippen molar-refractivity contribution in [2.45, 2.75) is 22.6 Å². The maximum absolute atomic E-state index is 11.9. The van der Waals surface area contributed by atoms with E-state index < -0.39 is 0 Å². The van der Waals surface area contributed by atoms with Gasteiger partial charge in [-0.25, -0.2) is 0 Å². The molecule has 2 aromatic carbocycles. The minimum Gasteiger partial charge on any atom is -0.497 e. The first-order valence-electron chi connectivity index (χ1n) is 8.15. The second-order valence-electron chi connectivity index (χ2n) is 5.92. The van der Waals surface area contributed by atoms with Crippen LogP contribution in [-0.4, -0.2) is 26.1 Å². The molecule has 0 heterocycles. The number of amides is 1. The Bertz CT molecular complexity index is 667. The van der Waals surface area contributed by atoms with Crippen molar-refractivity contribution in [1.29, 1.82) is 0 Å². The van der Waals surface area contributed by atoms with Gasteiger partial charge in [-0.2, -0.15) is 0 Å². The van der Waals surface area contributed by atoms with Crippen molar-refractivity contribution in [3.05, 3.63) is 48.5 Å². The third kappa shape index (κ3) is 5.28. The molecule has 0 aromatic heterocycles. The number of rotatable bonds is 8. The van der Waals surface area contributed by atoms with E-state index in [1.807, 2.05) is 48.5 Å². The average Bonchev–Trinajstić information content (AvgIpc) is 3.42. The Labute approximate surface area is 147 Å². The third-order valence-corrected chi connectivity index (χ3v) is 4.86. The van der Waals surface area contributed by atoms with Gasteiger partial charge in [-0.1, -0.05) is 11.8 Å². The SMILES string of the molecule is COc1ccc(Sc2ccc(NC(=O)CNCC3CC3)cc2)cc1. The van der Waals surface area contributed by atoms with Crippen LogP contribution >= 0.6 is 11.8 Å². The molecule has 5 heteroatoms. The topological polar surface area (TPSA) is 50.4 Å². The zero-order chi connectivity index (χ0) is 16.8. The van der Waals surface area contributed by atoms with Gasteiger partial charge in [-0.15, -0.1) is 0 Å². The van der Waals surface area contributed by atoms with E-state index in [0.717, 1.165) is 33.7 Å². The van der Waals surface area contributed by atoms with E-state index in [1.54, 1.807) is 18.9 Å². The summed E-state index contributed by atoms with van der Waals surface area (Å²) in [5.41, 5.74) is 0.826. The number of carbonyl (C=O) groups is 1. The first-order valence-corrected chi connectivity index (χ1v) is 8.97. The number of benzene rings is 2. The number of hydrogen-bond donors (Lipinski definition) is 2. The summed E-state index contributed by atoms with van der Waals surface area (Å²) < 4.78 is 5.16. The van der Waals surface area contributed by atoms with Crippen molar-refractivity contribution in [3.63, 3.8) is 0 Å². The van der Waals surface area contributed by atoms with Gasteiger partial charge in [0.25, 0.3) is 0 Å². The van der Waals surface area contributed by atoms with Gasteiger partial charge in [0.15, 0.2) is 0 Å². The van der Waals surface area contributed by atoms with Crippen LogP contribution in [0.4, 0.5) is 5.69 Å². The maximum atomic E-state index is 11.9. The molecule has 126 valence electrons. The molecule has 1 fully saturated rings. The lowest BCUT2D eigenvalue weighted by molar-refractivity contribution is -0.115. The second-order valence-corrected chi connectivity index (χ2v) is 7.07. The van der Waals surface area contributed by atoms with Crippen molar-refractivity contribution >= 4 is 23.4 Å². The lowest BCUT2D eigenvalue weighted by Crippen LogP contribution is -2.29. The van der Waals surface area contributed by atoms with Crippen LogP contribution in [-0.2, 0) is 4.79 Å². The van der Waals surface area contributed by atoms with Gasteiger partial charge < -0.3 is 15.4 Å². The molecule has 0 bridgehead atoms. The molecule has 1 saturated carbocycles. The molecule has 0 aliphatic heterocycles. The summed E-state index contributed by atoms with van der Waals surface area (Å²) in [6.45, 7) is 1.32. The molecular weight excluding hydrogens is 320 g/mol. The Morgan fingerprint density at radius 1 is 1.08 bits per heavy atom. The fourth-order valence-electron chi connectivity index (χ4n) is 2.30. The minimum atomic E-state index is 0.00575. The molecule has 0 atom stereocenters. The monoisotopic (exact) mass is 342 g/mol. The smallest absolute Gasteiger partial charge is 0.238 e. The van der Waals surface area contributed by atoms with E-state index in [0.29, 0.717) is 6.54 Å². The Kier molecular flexibility index (Phi) is 5.77. The summed E-state index contributed by atoms with van der Waals surface area (Å²) >= 11 is 1.68. The Balaban J connectivity index is 1.47. The van der Waals surface area contributed by atoms with E-state index >= 15 is 0 Å². The van der Waals surface area contributed by atoms with Crippen LogP contribution in [0.25, 0.3) is 0 Å². The van der Waals surface area contributed by atoms with Gasteiger partial charge >= 0.3 is 0 Å². The van der Waals surface area contributed by atoms with Crippen molar-refractivity contribution in [2.75, 3.05) is 25.5 Å². The van der Waals surface area contributed by atoms with Gasteiger partial charge in [0.05, 0.1) is 13.7 Å². The normalized spacial score (nSPS) is 13.5. The summed E-state index contributed by atoms with van der Waals surface area (Å²) in [6.07, 6.45) is 2.59. The predicted molar refractivity (Wildman–Crippen MR) is 97.8 cm³/mol. The van der Waals surface area contributed by atoms with Crippen molar-refractivity contribution in [2.24, 2.45) is 5.92 Å². The third-order valence-electron chi connectivity index (χ3n) is 3.85. The van der Waals surface area contributed by atoms with Crippen LogP contribution < -0.4 is 15.4 Å². The molecule has 0 unspecified atom stereocenters. The van der Waals surface area contributed by atoms with Crippen LogP contribution in [0.3, 0.4) is 0 Å². The minimum absolute atomic E-state index is 0.00575. The molecular formula is C19H22N2O2S. The summed E-state index contributed by atoms with van der Waals surface area (Å²) in [4.78, 5) is 14.1. The lowest BCUT2D eigenvalue weighted by Gasteiger charge is -2.08. The van der Waals surface area contributed by atoms with Gasteiger partial charge in [-0.3, -0.25) is 4.79 Å². The summed E-state index contributed by atoms with van der Waals surface area (Å²) in [6, 6.07) is 15.9. The summed E-state index contributed by atoms with van der Waals surface area (Å²) in [5.74, 6) is 1.64. The highest BCUT2D eigenvalue weighted by molar-refractivity contribution is 7.99. The quantitative estimate of drug-likeness (QED) is 0.766.